The van der Waals surface area contributed by atoms with Gasteiger partial charge in [-0.3, -0.25) is 0 Å². The molecular weight excluding hydrogens is 236 g/mol. The highest BCUT2D eigenvalue weighted by Crippen LogP contribution is 2.18. The normalized spacial score (nSPS) is 18.3. The van der Waals surface area contributed by atoms with E-state index >= 15 is 0 Å². The number of piperidine rings is 1. The second-order valence-corrected chi connectivity index (χ2v) is 6.31. The van der Waals surface area contributed by atoms with Crippen molar-refractivity contribution in [3.63, 3.8) is 0 Å². The van der Waals surface area contributed by atoms with Crippen LogP contribution in [0.15, 0.2) is 12.5 Å². The molecule has 1 aromatic rings. The van der Waals surface area contributed by atoms with Crippen LogP contribution in [0.4, 0.5) is 0 Å². The van der Waals surface area contributed by atoms with Crippen molar-refractivity contribution in [2.24, 2.45) is 11.8 Å². The highest BCUT2D eigenvalue weighted by Gasteiger charge is 2.17. The van der Waals surface area contributed by atoms with Crippen LogP contribution < -0.4 is 5.32 Å². The summed E-state index contributed by atoms with van der Waals surface area (Å²) in [7, 11) is 2.22. The maximum absolute atomic E-state index is 4.31. The van der Waals surface area contributed by atoms with E-state index in [2.05, 4.69) is 40.7 Å². The van der Waals surface area contributed by atoms with Gasteiger partial charge >= 0.3 is 0 Å². The van der Waals surface area contributed by atoms with Crippen molar-refractivity contribution in [2.45, 2.75) is 39.8 Å². The van der Waals surface area contributed by atoms with E-state index in [0.717, 1.165) is 25.6 Å². The third-order valence-electron chi connectivity index (χ3n) is 3.95. The molecule has 1 fully saturated rings. The quantitative estimate of drug-likeness (QED) is 0.853. The van der Waals surface area contributed by atoms with Gasteiger partial charge in [-0.15, -0.1) is 0 Å². The first-order chi connectivity index (χ1) is 9.15. The lowest BCUT2D eigenvalue weighted by atomic mass is 9.97. The molecule has 1 aromatic heterocycles. The van der Waals surface area contributed by atoms with E-state index in [0.29, 0.717) is 5.92 Å². The zero-order valence-corrected chi connectivity index (χ0v) is 12.6. The molecule has 1 aliphatic rings. The Kier molecular flexibility index (Phi) is 5.40. The summed E-state index contributed by atoms with van der Waals surface area (Å²) in [4.78, 5) is 6.74. The lowest BCUT2D eigenvalue weighted by molar-refractivity contribution is 0.204. The lowest BCUT2D eigenvalue weighted by Crippen LogP contribution is -2.32. The predicted octanol–water partition coefficient (Wildman–Crippen LogP) is 1.97. The summed E-state index contributed by atoms with van der Waals surface area (Å²) in [5.41, 5.74) is 1.32. The molecule has 1 aliphatic heterocycles. The average Bonchev–Trinajstić information content (AvgIpc) is 2.79. The van der Waals surface area contributed by atoms with Gasteiger partial charge in [0.2, 0.25) is 0 Å². The van der Waals surface area contributed by atoms with Gasteiger partial charge in [0.1, 0.15) is 0 Å². The highest BCUT2D eigenvalue weighted by molar-refractivity contribution is 4.98. The first kappa shape index (κ1) is 14.5. The van der Waals surface area contributed by atoms with Crippen LogP contribution in [0.2, 0.25) is 0 Å². The Labute approximate surface area is 117 Å². The van der Waals surface area contributed by atoms with Crippen molar-refractivity contribution in [1.29, 1.82) is 0 Å². The topological polar surface area (TPSA) is 33.1 Å². The maximum Gasteiger partial charge on any atom is 0.0948 e. The van der Waals surface area contributed by atoms with Crippen molar-refractivity contribution in [2.75, 3.05) is 26.7 Å². The number of nitrogens with zero attached hydrogens (tertiary/aromatic N) is 3. The van der Waals surface area contributed by atoms with E-state index in [1.807, 2.05) is 12.5 Å². The Balaban J connectivity index is 1.81. The highest BCUT2D eigenvalue weighted by atomic mass is 15.1. The van der Waals surface area contributed by atoms with Crippen molar-refractivity contribution >= 4 is 0 Å². The molecule has 0 aliphatic carbocycles. The SMILES string of the molecule is CC(C)CNCc1cncn1CC1CCN(C)CC1. The van der Waals surface area contributed by atoms with Crippen LogP contribution in [0.5, 0.6) is 0 Å². The van der Waals surface area contributed by atoms with Crippen LogP contribution in [0.1, 0.15) is 32.4 Å². The number of aromatic nitrogens is 2. The van der Waals surface area contributed by atoms with Gasteiger partial charge in [-0.05, 0) is 51.4 Å². The smallest absolute Gasteiger partial charge is 0.0948 e. The monoisotopic (exact) mass is 264 g/mol. The molecule has 0 bridgehead atoms. The van der Waals surface area contributed by atoms with Gasteiger partial charge in [0, 0.05) is 19.3 Å². The van der Waals surface area contributed by atoms with Crippen LogP contribution in [0, 0.1) is 11.8 Å². The molecular formula is C15H28N4. The lowest BCUT2D eigenvalue weighted by Gasteiger charge is -2.29. The minimum Gasteiger partial charge on any atom is -0.333 e. The zero-order chi connectivity index (χ0) is 13.7. The third kappa shape index (κ3) is 4.62. The molecule has 2 rings (SSSR count). The maximum atomic E-state index is 4.31. The third-order valence-corrected chi connectivity index (χ3v) is 3.95. The molecule has 0 spiro atoms. The molecule has 0 atom stereocenters. The Morgan fingerprint density at radius 3 is 2.79 bits per heavy atom. The minimum atomic E-state index is 0.699. The number of imidazole rings is 1. The largest absolute Gasteiger partial charge is 0.333 e. The molecule has 0 saturated carbocycles. The fraction of sp³-hybridized carbons (Fsp3) is 0.800. The number of likely N-dealkylation sites (tertiary alicyclic amines) is 1. The van der Waals surface area contributed by atoms with E-state index in [1.54, 1.807) is 0 Å². The molecule has 0 unspecified atom stereocenters. The van der Waals surface area contributed by atoms with Gasteiger partial charge in [-0.2, -0.15) is 0 Å². The number of hydrogen-bond acceptors (Lipinski definition) is 3. The fourth-order valence-electron chi connectivity index (χ4n) is 2.67. The summed E-state index contributed by atoms with van der Waals surface area (Å²) in [6, 6.07) is 0. The molecule has 4 nitrogen and oxygen atoms in total. The molecule has 0 radical (unpaired) electrons. The molecule has 19 heavy (non-hydrogen) atoms. The van der Waals surface area contributed by atoms with E-state index in [9.17, 15) is 0 Å². The van der Waals surface area contributed by atoms with Gasteiger partial charge in [-0.25, -0.2) is 4.98 Å². The predicted molar refractivity (Wildman–Crippen MR) is 79.0 cm³/mol. The Morgan fingerprint density at radius 1 is 1.37 bits per heavy atom. The summed E-state index contributed by atoms with van der Waals surface area (Å²) >= 11 is 0. The molecule has 0 amide bonds. The number of hydrogen-bond donors (Lipinski definition) is 1. The average molecular weight is 264 g/mol. The Bertz CT molecular complexity index is 364. The zero-order valence-electron chi connectivity index (χ0n) is 12.6. The molecule has 108 valence electrons. The first-order valence-corrected chi connectivity index (χ1v) is 7.53. The van der Waals surface area contributed by atoms with E-state index in [4.69, 9.17) is 0 Å². The Morgan fingerprint density at radius 2 is 2.11 bits per heavy atom. The van der Waals surface area contributed by atoms with Crippen LogP contribution in [0.25, 0.3) is 0 Å². The summed E-state index contributed by atoms with van der Waals surface area (Å²) in [5.74, 6) is 1.51. The Hall–Kier alpha value is -0.870. The molecule has 1 saturated heterocycles. The fourth-order valence-corrected chi connectivity index (χ4v) is 2.67. The molecule has 0 aromatic carbocycles. The van der Waals surface area contributed by atoms with Crippen molar-refractivity contribution in [1.82, 2.24) is 19.8 Å². The van der Waals surface area contributed by atoms with Crippen molar-refractivity contribution < 1.29 is 0 Å². The van der Waals surface area contributed by atoms with Crippen LogP contribution in [-0.2, 0) is 13.1 Å². The number of nitrogens with one attached hydrogen (secondary N) is 1. The van der Waals surface area contributed by atoms with Crippen LogP contribution in [-0.4, -0.2) is 41.1 Å². The minimum absolute atomic E-state index is 0.699. The standard InChI is InChI=1S/C15H28N4/c1-13(2)8-16-9-15-10-17-12-19(15)11-14-4-6-18(3)7-5-14/h10,12-14,16H,4-9,11H2,1-3H3. The van der Waals surface area contributed by atoms with Gasteiger partial charge in [0.25, 0.3) is 0 Å². The van der Waals surface area contributed by atoms with Crippen LogP contribution in [0.3, 0.4) is 0 Å². The van der Waals surface area contributed by atoms with Crippen LogP contribution >= 0.6 is 0 Å². The molecule has 4 heteroatoms. The summed E-state index contributed by atoms with van der Waals surface area (Å²) in [6.07, 6.45) is 6.62. The summed E-state index contributed by atoms with van der Waals surface area (Å²) in [5, 5.41) is 3.50. The molecule has 1 N–H and O–H groups in total. The van der Waals surface area contributed by atoms with E-state index in [1.165, 1.54) is 31.6 Å². The van der Waals surface area contributed by atoms with Crippen molar-refractivity contribution in [3.05, 3.63) is 18.2 Å². The second-order valence-electron chi connectivity index (χ2n) is 6.31. The van der Waals surface area contributed by atoms with Gasteiger partial charge in [0.15, 0.2) is 0 Å². The number of rotatable bonds is 6. The van der Waals surface area contributed by atoms with Gasteiger partial charge in [0.05, 0.1) is 12.0 Å². The van der Waals surface area contributed by atoms with Gasteiger partial charge < -0.3 is 14.8 Å². The van der Waals surface area contributed by atoms with E-state index in [-0.39, 0.29) is 0 Å². The first-order valence-electron chi connectivity index (χ1n) is 7.53. The van der Waals surface area contributed by atoms with Crippen molar-refractivity contribution in [3.8, 4) is 0 Å². The molecule has 2 heterocycles. The van der Waals surface area contributed by atoms with E-state index < -0.39 is 0 Å². The summed E-state index contributed by atoms with van der Waals surface area (Å²) < 4.78 is 2.34. The summed E-state index contributed by atoms with van der Waals surface area (Å²) in [6.45, 7) is 10.1. The second kappa shape index (κ2) is 7.06. The van der Waals surface area contributed by atoms with Gasteiger partial charge in [-0.1, -0.05) is 13.8 Å².